The molecule has 0 unspecified atom stereocenters. The zero-order chi connectivity index (χ0) is 14.4. The van der Waals surface area contributed by atoms with Gasteiger partial charge in [-0.15, -0.1) is 0 Å². The second kappa shape index (κ2) is 7.44. The Bertz CT molecular complexity index is 410. The molecule has 0 aromatic heterocycles. The lowest BCUT2D eigenvalue weighted by atomic mass is 9.94. The number of hydrogen-bond acceptors (Lipinski definition) is 2. The third-order valence-electron chi connectivity index (χ3n) is 4.41. The van der Waals surface area contributed by atoms with Gasteiger partial charge in [0.1, 0.15) is 0 Å². The zero-order valence-corrected chi connectivity index (χ0v) is 12.4. The van der Waals surface area contributed by atoms with Crippen molar-refractivity contribution in [1.82, 2.24) is 4.90 Å². The van der Waals surface area contributed by atoms with Crippen LogP contribution in [0.4, 0.5) is 0 Å². The van der Waals surface area contributed by atoms with Gasteiger partial charge in [-0.25, -0.2) is 0 Å². The zero-order valence-electron chi connectivity index (χ0n) is 12.4. The average molecular weight is 274 g/mol. The summed E-state index contributed by atoms with van der Waals surface area (Å²) in [5, 5.41) is 0. The summed E-state index contributed by atoms with van der Waals surface area (Å²) in [6.45, 7) is 4.00. The molecule has 2 rings (SSSR count). The van der Waals surface area contributed by atoms with E-state index in [1.54, 1.807) is 0 Å². The summed E-state index contributed by atoms with van der Waals surface area (Å²) < 4.78 is 0. The minimum absolute atomic E-state index is 0.135. The molecule has 0 aliphatic carbocycles. The predicted octanol–water partition coefficient (Wildman–Crippen LogP) is 2.60. The Hall–Kier alpha value is -1.35. The maximum atomic E-state index is 12.3. The molecule has 1 heterocycles. The van der Waals surface area contributed by atoms with E-state index in [1.807, 2.05) is 23.1 Å². The highest BCUT2D eigenvalue weighted by atomic mass is 16.2. The lowest BCUT2D eigenvalue weighted by Crippen LogP contribution is -2.47. The smallest absolute Gasteiger partial charge is 0.239 e. The Kier molecular flexibility index (Phi) is 5.60. The van der Waals surface area contributed by atoms with Crippen LogP contribution >= 0.6 is 0 Å². The number of hydrogen-bond donors (Lipinski definition) is 1. The van der Waals surface area contributed by atoms with Crippen molar-refractivity contribution in [2.75, 3.05) is 13.1 Å². The number of amides is 1. The summed E-state index contributed by atoms with van der Waals surface area (Å²) in [4.78, 5) is 14.3. The fourth-order valence-corrected chi connectivity index (χ4v) is 2.89. The van der Waals surface area contributed by atoms with E-state index in [0.717, 1.165) is 44.7 Å². The van der Waals surface area contributed by atoms with Crippen molar-refractivity contribution in [1.29, 1.82) is 0 Å². The van der Waals surface area contributed by atoms with Gasteiger partial charge in [-0.2, -0.15) is 0 Å². The first-order chi connectivity index (χ1) is 9.70. The van der Waals surface area contributed by atoms with Gasteiger partial charge in [0, 0.05) is 13.1 Å². The molecule has 0 spiro atoms. The van der Waals surface area contributed by atoms with E-state index < -0.39 is 0 Å². The minimum Gasteiger partial charge on any atom is -0.341 e. The molecule has 0 bridgehead atoms. The number of piperidine rings is 1. The summed E-state index contributed by atoms with van der Waals surface area (Å²) in [6.07, 6.45) is 5.10. The van der Waals surface area contributed by atoms with Crippen LogP contribution in [0.1, 0.15) is 38.2 Å². The third-order valence-corrected chi connectivity index (χ3v) is 4.41. The van der Waals surface area contributed by atoms with Crippen molar-refractivity contribution in [2.24, 2.45) is 11.7 Å². The van der Waals surface area contributed by atoms with Crippen molar-refractivity contribution < 1.29 is 4.79 Å². The van der Waals surface area contributed by atoms with E-state index in [-0.39, 0.29) is 11.9 Å². The van der Waals surface area contributed by atoms with Crippen LogP contribution in [-0.4, -0.2) is 29.9 Å². The first kappa shape index (κ1) is 15.0. The van der Waals surface area contributed by atoms with E-state index >= 15 is 0 Å². The largest absolute Gasteiger partial charge is 0.341 e. The quantitative estimate of drug-likeness (QED) is 0.897. The second-order valence-electron chi connectivity index (χ2n) is 5.81. The second-order valence-corrected chi connectivity index (χ2v) is 5.81. The number of likely N-dealkylation sites (tertiary alicyclic amines) is 1. The van der Waals surface area contributed by atoms with Gasteiger partial charge in [-0.1, -0.05) is 43.7 Å². The topological polar surface area (TPSA) is 46.3 Å². The number of carbonyl (C=O) groups excluding carboxylic acids is 1. The molecular weight excluding hydrogens is 248 g/mol. The molecule has 1 aromatic carbocycles. The summed E-state index contributed by atoms with van der Waals surface area (Å²) in [7, 11) is 0. The van der Waals surface area contributed by atoms with Gasteiger partial charge in [0.05, 0.1) is 6.04 Å². The molecule has 3 nitrogen and oxygen atoms in total. The van der Waals surface area contributed by atoms with Gasteiger partial charge >= 0.3 is 0 Å². The van der Waals surface area contributed by atoms with Gasteiger partial charge in [0.25, 0.3) is 0 Å². The fourth-order valence-electron chi connectivity index (χ4n) is 2.89. The van der Waals surface area contributed by atoms with E-state index in [9.17, 15) is 4.79 Å². The van der Waals surface area contributed by atoms with Gasteiger partial charge in [-0.05, 0) is 37.2 Å². The molecule has 1 atom stereocenters. The fraction of sp³-hybridized carbons (Fsp3) is 0.588. The van der Waals surface area contributed by atoms with Crippen LogP contribution in [0, 0.1) is 5.92 Å². The summed E-state index contributed by atoms with van der Waals surface area (Å²) in [6, 6.07) is 9.88. The lowest BCUT2D eigenvalue weighted by Gasteiger charge is -2.33. The summed E-state index contributed by atoms with van der Waals surface area (Å²) in [5.74, 6) is 0.926. The highest BCUT2D eigenvalue weighted by Gasteiger charge is 2.25. The van der Waals surface area contributed by atoms with Gasteiger partial charge in [-0.3, -0.25) is 4.79 Å². The highest BCUT2D eigenvalue weighted by molar-refractivity contribution is 5.81. The maximum absolute atomic E-state index is 12.3. The Labute approximate surface area is 122 Å². The van der Waals surface area contributed by atoms with Crippen LogP contribution in [0.15, 0.2) is 30.3 Å². The number of nitrogens with zero attached hydrogens (tertiary/aromatic N) is 1. The van der Waals surface area contributed by atoms with Crippen molar-refractivity contribution in [3.05, 3.63) is 35.9 Å². The number of benzene rings is 1. The molecule has 1 amide bonds. The van der Waals surface area contributed by atoms with E-state index in [2.05, 4.69) is 19.1 Å². The van der Waals surface area contributed by atoms with Crippen molar-refractivity contribution in [3.8, 4) is 0 Å². The molecular formula is C17H26N2O. The Morgan fingerprint density at radius 1 is 1.30 bits per heavy atom. The van der Waals surface area contributed by atoms with Gasteiger partial charge in [0.15, 0.2) is 0 Å². The van der Waals surface area contributed by atoms with Gasteiger partial charge < -0.3 is 10.6 Å². The van der Waals surface area contributed by atoms with Crippen molar-refractivity contribution in [2.45, 2.75) is 45.1 Å². The van der Waals surface area contributed by atoms with Crippen LogP contribution in [0.5, 0.6) is 0 Å². The lowest BCUT2D eigenvalue weighted by molar-refractivity contribution is -0.134. The number of rotatable bonds is 5. The average Bonchev–Trinajstić information content (AvgIpc) is 2.53. The predicted molar refractivity (Wildman–Crippen MR) is 82.3 cm³/mol. The van der Waals surface area contributed by atoms with Crippen LogP contribution in [0.3, 0.4) is 0 Å². The summed E-state index contributed by atoms with van der Waals surface area (Å²) in [5.41, 5.74) is 7.32. The SMILES string of the molecule is CCC1CCN(C(=O)[C@@H](N)CCc2ccccc2)CC1. The van der Waals surface area contributed by atoms with Crippen LogP contribution in [-0.2, 0) is 11.2 Å². The van der Waals surface area contributed by atoms with Crippen molar-refractivity contribution >= 4 is 5.91 Å². The number of nitrogens with two attached hydrogens (primary N) is 1. The van der Waals surface area contributed by atoms with Crippen LogP contribution in [0.25, 0.3) is 0 Å². The van der Waals surface area contributed by atoms with E-state index in [1.165, 1.54) is 12.0 Å². The first-order valence-electron chi connectivity index (χ1n) is 7.79. The molecule has 3 heteroatoms. The Balaban J connectivity index is 1.77. The van der Waals surface area contributed by atoms with Crippen LogP contribution < -0.4 is 5.73 Å². The molecule has 2 N–H and O–H groups in total. The molecule has 1 fully saturated rings. The molecule has 110 valence electrons. The van der Waals surface area contributed by atoms with Gasteiger partial charge in [0.2, 0.25) is 5.91 Å². The van der Waals surface area contributed by atoms with Crippen molar-refractivity contribution in [3.63, 3.8) is 0 Å². The van der Waals surface area contributed by atoms with E-state index in [0.29, 0.717) is 0 Å². The standard InChI is InChI=1S/C17H26N2O/c1-2-14-10-12-19(13-11-14)17(20)16(18)9-8-15-6-4-3-5-7-15/h3-7,14,16H,2,8-13,18H2,1H3/t16-/m0/s1. The first-order valence-corrected chi connectivity index (χ1v) is 7.79. The third kappa shape index (κ3) is 4.07. The molecule has 20 heavy (non-hydrogen) atoms. The van der Waals surface area contributed by atoms with Crippen LogP contribution in [0.2, 0.25) is 0 Å². The van der Waals surface area contributed by atoms with E-state index in [4.69, 9.17) is 5.73 Å². The molecule has 1 aromatic rings. The summed E-state index contributed by atoms with van der Waals surface area (Å²) >= 11 is 0. The molecule has 0 saturated carbocycles. The maximum Gasteiger partial charge on any atom is 0.239 e. The molecule has 1 saturated heterocycles. The Morgan fingerprint density at radius 2 is 1.95 bits per heavy atom. The highest BCUT2D eigenvalue weighted by Crippen LogP contribution is 2.20. The molecule has 1 aliphatic rings. The monoisotopic (exact) mass is 274 g/mol. The number of carbonyl (C=O) groups is 1. The molecule has 0 radical (unpaired) electrons. The Morgan fingerprint density at radius 3 is 2.55 bits per heavy atom. The molecule has 1 aliphatic heterocycles. The minimum atomic E-state index is -0.353. The normalized spacial score (nSPS) is 18.0. The number of aryl methyl sites for hydroxylation is 1.